The van der Waals surface area contributed by atoms with Gasteiger partial charge in [0.2, 0.25) is 17.8 Å². The van der Waals surface area contributed by atoms with Crippen molar-refractivity contribution in [2.75, 3.05) is 25.0 Å². The molecule has 0 unspecified atom stereocenters. The van der Waals surface area contributed by atoms with E-state index >= 15 is 0 Å². The van der Waals surface area contributed by atoms with Crippen LogP contribution < -0.4 is 4.90 Å². The van der Waals surface area contributed by atoms with Crippen molar-refractivity contribution in [2.24, 2.45) is 11.8 Å². The Morgan fingerprint density at radius 3 is 2.61 bits per heavy atom. The van der Waals surface area contributed by atoms with Gasteiger partial charge in [-0.2, -0.15) is 0 Å². The van der Waals surface area contributed by atoms with Gasteiger partial charge in [-0.1, -0.05) is 30.3 Å². The van der Waals surface area contributed by atoms with Crippen molar-refractivity contribution >= 4 is 17.8 Å². The van der Waals surface area contributed by atoms with E-state index < -0.39 is 6.04 Å². The molecule has 3 aliphatic rings. The Morgan fingerprint density at radius 1 is 1.10 bits per heavy atom. The molecule has 1 aromatic heterocycles. The molecule has 7 nitrogen and oxygen atoms in total. The Labute approximate surface area is 183 Å². The number of amides is 2. The van der Waals surface area contributed by atoms with Crippen LogP contribution in [0.4, 0.5) is 5.95 Å². The third-order valence-corrected chi connectivity index (χ3v) is 7.07. The number of likely N-dealkylation sites (N-methyl/N-ethyl adjacent to an activating group) is 1. The fourth-order valence-electron chi connectivity index (χ4n) is 5.75. The van der Waals surface area contributed by atoms with E-state index in [1.807, 2.05) is 48.3 Å². The number of benzene rings is 1. The van der Waals surface area contributed by atoms with Crippen molar-refractivity contribution < 1.29 is 9.59 Å². The lowest BCUT2D eigenvalue weighted by atomic mass is 9.71. The van der Waals surface area contributed by atoms with E-state index in [9.17, 15) is 9.59 Å². The Balaban J connectivity index is 1.43. The van der Waals surface area contributed by atoms with Crippen LogP contribution in [0.2, 0.25) is 0 Å². The molecular weight excluding hydrogens is 390 g/mol. The van der Waals surface area contributed by atoms with Crippen LogP contribution in [-0.2, 0) is 16.1 Å². The molecule has 2 aromatic rings. The minimum absolute atomic E-state index is 0.0448. The highest BCUT2D eigenvalue weighted by Gasteiger charge is 2.52. The summed E-state index contributed by atoms with van der Waals surface area (Å²) in [5.41, 5.74) is 1.09. The normalized spacial score (nSPS) is 27.6. The van der Waals surface area contributed by atoms with Crippen LogP contribution in [0.25, 0.3) is 0 Å². The highest BCUT2D eigenvalue weighted by atomic mass is 16.2. The second-order valence-corrected chi connectivity index (χ2v) is 9.09. The van der Waals surface area contributed by atoms with Crippen molar-refractivity contribution in [1.82, 2.24) is 19.8 Å². The van der Waals surface area contributed by atoms with Crippen LogP contribution >= 0.6 is 0 Å². The van der Waals surface area contributed by atoms with Gasteiger partial charge in [0.25, 0.3) is 0 Å². The quantitative estimate of drug-likeness (QED) is 0.761. The van der Waals surface area contributed by atoms with Crippen molar-refractivity contribution in [3.8, 4) is 0 Å². The number of carbonyl (C=O) groups excluding carboxylic acids is 2. The first kappa shape index (κ1) is 20.0. The second-order valence-electron chi connectivity index (χ2n) is 9.09. The van der Waals surface area contributed by atoms with Gasteiger partial charge in [-0.15, -0.1) is 0 Å². The number of hydrogen-bond acceptors (Lipinski definition) is 5. The van der Waals surface area contributed by atoms with Crippen LogP contribution in [0, 0.1) is 11.8 Å². The van der Waals surface area contributed by atoms with E-state index in [0.29, 0.717) is 25.4 Å². The highest BCUT2D eigenvalue weighted by molar-refractivity contribution is 5.89. The maximum atomic E-state index is 13.7. The van der Waals surface area contributed by atoms with E-state index in [2.05, 4.69) is 14.9 Å². The molecule has 2 bridgehead atoms. The smallest absolute Gasteiger partial charge is 0.245 e. The summed E-state index contributed by atoms with van der Waals surface area (Å²) in [5, 5.41) is 0. The van der Waals surface area contributed by atoms with Gasteiger partial charge in [0.15, 0.2) is 0 Å². The Kier molecular flexibility index (Phi) is 5.34. The predicted molar refractivity (Wildman–Crippen MR) is 117 cm³/mol. The molecule has 3 aliphatic heterocycles. The summed E-state index contributed by atoms with van der Waals surface area (Å²) in [5.74, 6) is 1.35. The zero-order valence-electron chi connectivity index (χ0n) is 17.9. The first-order chi connectivity index (χ1) is 15.1. The standard InChI is InChI=1S/C24H29N5O2/c1-27(14-17-7-3-2-4-8-17)23(31)22-19-13-18(20-9-5-10-21(30)29(20)22)15-28(16-19)24-25-11-6-12-26-24/h2-4,6-8,11-12,18-20,22H,5,9-10,13-16H2,1H3/t18-,19+,20+,22-/m1/s1. The number of rotatable bonds is 4. The molecule has 5 rings (SSSR count). The maximum Gasteiger partial charge on any atom is 0.245 e. The molecular formula is C24H29N5O2. The van der Waals surface area contributed by atoms with Crippen molar-refractivity contribution in [1.29, 1.82) is 0 Å². The third-order valence-electron chi connectivity index (χ3n) is 7.07. The molecule has 0 N–H and O–H groups in total. The van der Waals surface area contributed by atoms with Gasteiger partial charge >= 0.3 is 0 Å². The van der Waals surface area contributed by atoms with Crippen LogP contribution in [0.3, 0.4) is 0 Å². The zero-order chi connectivity index (χ0) is 21.4. The monoisotopic (exact) mass is 419 g/mol. The zero-order valence-corrected chi connectivity index (χ0v) is 17.9. The fourth-order valence-corrected chi connectivity index (χ4v) is 5.75. The Hall–Kier alpha value is -2.96. The van der Waals surface area contributed by atoms with Gasteiger partial charge in [0.05, 0.1) is 0 Å². The number of anilines is 1. The number of carbonyl (C=O) groups is 2. The molecule has 1 aromatic carbocycles. The van der Waals surface area contributed by atoms with Gasteiger partial charge < -0.3 is 14.7 Å². The summed E-state index contributed by atoms with van der Waals surface area (Å²) in [4.78, 5) is 41.6. The first-order valence-corrected chi connectivity index (χ1v) is 11.2. The Bertz CT molecular complexity index is 938. The summed E-state index contributed by atoms with van der Waals surface area (Å²) in [6.07, 6.45) is 6.93. The Morgan fingerprint density at radius 2 is 1.84 bits per heavy atom. The van der Waals surface area contributed by atoms with Crippen molar-refractivity contribution in [3.63, 3.8) is 0 Å². The van der Waals surface area contributed by atoms with Gasteiger partial charge in [-0.05, 0) is 36.8 Å². The van der Waals surface area contributed by atoms with E-state index in [1.165, 1.54) is 0 Å². The summed E-state index contributed by atoms with van der Waals surface area (Å²) in [6, 6.07) is 11.6. The van der Waals surface area contributed by atoms with Gasteiger partial charge in [-0.25, -0.2) is 9.97 Å². The molecule has 0 saturated carbocycles. The summed E-state index contributed by atoms with van der Waals surface area (Å²) < 4.78 is 0. The largest absolute Gasteiger partial charge is 0.340 e. The molecule has 4 atom stereocenters. The van der Waals surface area contributed by atoms with E-state index in [-0.39, 0.29) is 23.8 Å². The SMILES string of the molecule is CN(Cc1ccccc1)C(=O)[C@H]1[C@H]2C[C@H](CN(c3ncccn3)C2)[C@@H]2CCCC(=O)N21. The number of aromatic nitrogens is 2. The highest BCUT2D eigenvalue weighted by Crippen LogP contribution is 2.42. The predicted octanol–water partition coefficient (Wildman–Crippen LogP) is 2.34. The molecule has 31 heavy (non-hydrogen) atoms. The fraction of sp³-hybridized carbons (Fsp3) is 0.500. The van der Waals surface area contributed by atoms with Gasteiger partial charge in [0, 0.05) is 57.5 Å². The van der Waals surface area contributed by atoms with Crippen molar-refractivity contribution in [3.05, 3.63) is 54.4 Å². The minimum atomic E-state index is -0.408. The van der Waals surface area contributed by atoms with Crippen LogP contribution in [0.5, 0.6) is 0 Å². The number of piperidine rings is 3. The van der Waals surface area contributed by atoms with Gasteiger partial charge in [-0.3, -0.25) is 9.59 Å². The van der Waals surface area contributed by atoms with Gasteiger partial charge in [0.1, 0.15) is 6.04 Å². The summed E-state index contributed by atoms with van der Waals surface area (Å²) in [6.45, 7) is 2.09. The van der Waals surface area contributed by atoms with Crippen LogP contribution in [-0.4, -0.2) is 63.8 Å². The average molecular weight is 420 g/mol. The molecule has 7 heteroatoms. The molecule has 3 fully saturated rings. The topological polar surface area (TPSA) is 69.6 Å². The lowest BCUT2D eigenvalue weighted by Crippen LogP contribution is -2.68. The molecule has 2 amide bonds. The average Bonchev–Trinajstić information content (AvgIpc) is 2.80. The molecule has 162 valence electrons. The number of nitrogens with zero attached hydrogens (tertiary/aromatic N) is 5. The summed E-state index contributed by atoms with van der Waals surface area (Å²) in [7, 11) is 1.85. The van der Waals surface area contributed by atoms with E-state index in [0.717, 1.165) is 37.3 Å². The minimum Gasteiger partial charge on any atom is -0.340 e. The molecule has 4 heterocycles. The molecule has 0 spiro atoms. The lowest BCUT2D eigenvalue weighted by Gasteiger charge is -2.56. The van der Waals surface area contributed by atoms with Crippen LogP contribution in [0.15, 0.2) is 48.8 Å². The molecule has 0 aliphatic carbocycles. The maximum absolute atomic E-state index is 13.7. The number of hydrogen-bond donors (Lipinski definition) is 0. The molecule has 0 radical (unpaired) electrons. The first-order valence-electron chi connectivity index (χ1n) is 11.2. The van der Waals surface area contributed by atoms with Crippen LogP contribution in [0.1, 0.15) is 31.2 Å². The van der Waals surface area contributed by atoms with E-state index in [1.54, 1.807) is 17.3 Å². The third kappa shape index (κ3) is 3.77. The van der Waals surface area contributed by atoms with E-state index in [4.69, 9.17) is 0 Å². The van der Waals surface area contributed by atoms with Crippen molar-refractivity contribution in [2.45, 2.75) is 44.3 Å². The summed E-state index contributed by atoms with van der Waals surface area (Å²) >= 11 is 0. The number of fused-ring (bicyclic) bond motifs is 4. The second kappa shape index (κ2) is 8.29. The molecule has 3 saturated heterocycles. The lowest BCUT2D eigenvalue weighted by molar-refractivity contribution is -0.160.